The maximum atomic E-state index is 12.4. The van der Waals surface area contributed by atoms with Crippen molar-refractivity contribution in [2.45, 2.75) is 44.6 Å². The number of Topliss-reactive ketones (excluding diaryl/α,β-unsaturated/α-hetero) is 1. The van der Waals surface area contributed by atoms with Crippen LogP contribution in [0.1, 0.15) is 47.4 Å². The molecule has 30 heavy (non-hydrogen) atoms. The van der Waals surface area contributed by atoms with Crippen LogP contribution in [0.2, 0.25) is 0 Å². The third kappa shape index (κ3) is 4.79. The van der Waals surface area contributed by atoms with Gasteiger partial charge >= 0.3 is 0 Å². The molecule has 1 aromatic heterocycles. The van der Waals surface area contributed by atoms with Gasteiger partial charge in [-0.25, -0.2) is 0 Å². The number of hydrogen-bond donors (Lipinski definition) is 1. The maximum Gasteiger partial charge on any atom is 0.203 e. The van der Waals surface area contributed by atoms with Crippen molar-refractivity contribution in [2.24, 2.45) is 5.92 Å². The highest BCUT2D eigenvalue weighted by molar-refractivity contribution is 5.94. The van der Waals surface area contributed by atoms with Crippen LogP contribution in [0.15, 0.2) is 59.1 Å². The fourth-order valence-corrected chi connectivity index (χ4v) is 4.15. The van der Waals surface area contributed by atoms with E-state index in [0.29, 0.717) is 18.0 Å². The second-order valence-electron chi connectivity index (χ2n) is 8.04. The Labute approximate surface area is 176 Å². The van der Waals surface area contributed by atoms with Crippen LogP contribution < -0.4 is 4.74 Å². The highest BCUT2D eigenvalue weighted by atomic mass is 16.5. The van der Waals surface area contributed by atoms with E-state index in [2.05, 4.69) is 29.4 Å². The first-order valence-corrected chi connectivity index (χ1v) is 10.5. The molecule has 4 rings (SSSR count). The molecule has 3 aromatic rings. The number of ether oxygens (including phenoxy) is 1. The molecule has 1 aliphatic carbocycles. The van der Waals surface area contributed by atoms with Gasteiger partial charge in [0.25, 0.3) is 0 Å². The van der Waals surface area contributed by atoms with E-state index >= 15 is 0 Å². The van der Waals surface area contributed by atoms with Gasteiger partial charge in [-0.05, 0) is 73.4 Å². The fourth-order valence-electron chi connectivity index (χ4n) is 4.15. The van der Waals surface area contributed by atoms with Gasteiger partial charge in [-0.1, -0.05) is 29.4 Å². The van der Waals surface area contributed by atoms with Gasteiger partial charge in [-0.3, -0.25) is 4.79 Å². The summed E-state index contributed by atoms with van der Waals surface area (Å²) in [5.41, 5.74) is 4.34. The van der Waals surface area contributed by atoms with Gasteiger partial charge in [0.1, 0.15) is 11.4 Å². The molecular formula is C25H27NO4. The molecule has 0 radical (unpaired) electrons. The van der Waals surface area contributed by atoms with Crippen molar-refractivity contribution in [3.05, 3.63) is 71.5 Å². The van der Waals surface area contributed by atoms with Crippen LogP contribution in [-0.4, -0.2) is 29.3 Å². The predicted octanol–water partition coefficient (Wildman–Crippen LogP) is 4.87. The Hall–Kier alpha value is -2.92. The van der Waals surface area contributed by atoms with Gasteiger partial charge in [0.2, 0.25) is 11.5 Å². The van der Waals surface area contributed by atoms with Crippen LogP contribution in [0.5, 0.6) is 5.75 Å². The lowest BCUT2D eigenvalue weighted by molar-refractivity contribution is 0.0893. The van der Waals surface area contributed by atoms with Crippen LogP contribution in [0, 0.1) is 5.92 Å². The van der Waals surface area contributed by atoms with Gasteiger partial charge in [0.05, 0.1) is 13.2 Å². The number of ketones is 1. The molecule has 2 aromatic carbocycles. The molecule has 1 N–H and O–H groups in total. The molecule has 1 aliphatic rings. The van der Waals surface area contributed by atoms with Crippen molar-refractivity contribution in [2.75, 3.05) is 7.11 Å². The third-order valence-corrected chi connectivity index (χ3v) is 5.92. The fraction of sp³-hybridized carbons (Fsp3) is 0.360. The Bertz CT molecular complexity index is 967. The zero-order valence-electron chi connectivity index (χ0n) is 17.2. The molecule has 0 amide bonds. The lowest BCUT2D eigenvalue weighted by Crippen LogP contribution is -2.12. The summed E-state index contributed by atoms with van der Waals surface area (Å²) in [6.45, 7) is 0. The van der Waals surface area contributed by atoms with E-state index in [-0.39, 0.29) is 18.0 Å². The van der Waals surface area contributed by atoms with Crippen molar-refractivity contribution in [3.63, 3.8) is 0 Å². The van der Waals surface area contributed by atoms with Crippen LogP contribution in [0.4, 0.5) is 0 Å². The molecule has 0 unspecified atom stereocenters. The molecule has 0 spiro atoms. The smallest absolute Gasteiger partial charge is 0.203 e. The van der Waals surface area contributed by atoms with Crippen LogP contribution in [0.3, 0.4) is 0 Å². The summed E-state index contributed by atoms with van der Waals surface area (Å²) >= 11 is 0. The lowest BCUT2D eigenvalue weighted by Gasteiger charge is -2.13. The number of fused-ring (bicyclic) bond motifs is 1. The summed E-state index contributed by atoms with van der Waals surface area (Å²) in [6.07, 6.45) is 4.11. The Morgan fingerprint density at radius 1 is 1.13 bits per heavy atom. The molecule has 1 heterocycles. The molecule has 156 valence electrons. The average molecular weight is 405 g/mol. The van der Waals surface area contributed by atoms with E-state index in [1.54, 1.807) is 13.2 Å². The van der Waals surface area contributed by atoms with E-state index in [4.69, 9.17) is 9.26 Å². The molecule has 5 heteroatoms. The summed E-state index contributed by atoms with van der Waals surface area (Å²) in [4.78, 5) is 12.4. The lowest BCUT2D eigenvalue weighted by atomic mass is 9.96. The monoisotopic (exact) mass is 405 g/mol. The molecule has 0 saturated carbocycles. The highest BCUT2D eigenvalue weighted by Gasteiger charge is 2.22. The van der Waals surface area contributed by atoms with Gasteiger partial charge in [0, 0.05) is 18.1 Å². The number of aliphatic hydroxyl groups excluding tert-OH is 1. The van der Waals surface area contributed by atoms with Crippen molar-refractivity contribution in [1.29, 1.82) is 0 Å². The SMILES string of the molecule is COc1ccc(-c2cc(C(=O)CC[C@H](O)CCC3Cc4ccccc4C3)on2)cc1. The largest absolute Gasteiger partial charge is 0.497 e. The zero-order chi connectivity index (χ0) is 20.9. The molecule has 0 saturated heterocycles. The molecule has 0 fully saturated rings. The Balaban J connectivity index is 1.23. The van der Waals surface area contributed by atoms with Crippen LogP contribution in [0.25, 0.3) is 11.3 Å². The Kier molecular flexibility index (Phi) is 6.29. The molecule has 0 aliphatic heterocycles. The second-order valence-corrected chi connectivity index (χ2v) is 8.04. The quantitative estimate of drug-likeness (QED) is 0.514. The number of carbonyl (C=O) groups is 1. The van der Waals surface area contributed by atoms with Crippen molar-refractivity contribution < 1.29 is 19.2 Å². The van der Waals surface area contributed by atoms with Gasteiger partial charge in [0.15, 0.2) is 0 Å². The summed E-state index contributed by atoms with van der Waals surface area (Å²) < 4.78 is 10.4. The number of benzene rings is 2. The number of hydrogen-bond acceptors (Lipinski definition) is 5. The first-order valence-electron chi connectivity index (χ1n) is 10.5. The summed E-state index contributed by atoms with van der Waals surface area (Å²) in [6, 6.07) is 17.6. The Morgan fingerprint density at radius 2 is 1.83 bits per heavy atom. The maximum absolute atomic E-state index is 12.4. The van der Waals surface area contributed by atoms with E-state index in [0.717, 1.165) is 37.0 Å². The van der Waals surface area contributed by atoms with Crippen molar-refractivity contribution in [1.82, 2.24) is 5.16 Å². The predicted molar refractivity (Wildman–Crippen MR) is 115 cm³/mol. The summed E-state index contributed by atoms with van der Waals surface area (Å²) in [5, 5.41) is 14.3. The summed E-state index contributed by atoms with van der Waals surface area (Å²) in [7, 11) is 1.61. The minimum Gasteiger partial charge on any atom is -0.497 e. The van der Waals surface area contributed by atoms with E-state index in [1.165, 1.54) is 11.1 Å². The third-order valence-electron chi connectivity index (χ3n) is 5.92. The number of carbonyl (C=O) groups excluding carboxylic acids is 1. The van der Waals surface area contributed by atoms with Gasteiger partial charge in [-0.15, -0.1) is 0 Å². The van der Waals surface area contributed by atoms with E-state index < -0.39 is 6.10 Å². The Morgan fingerprint density at radius 3 is 2.50 bits per heavy atom. The first kappa shape index (κ1) is 20.4. The normalized spacial score (nSPS) is 14.5. The number of rotatable bonds is 9. The van der Waals surface area contributed by atoms with Crippen molar-refractivity contribution >= 4 is 5.78 Å². The minimum absolute atomic E-state index is 0.130. The zero-order valence-corrected chi connectivity index (χ0v) is 17.2. The number of aliphatic hydroxyl groups is 1. The number of methoxy groups -OCH3 is 1. The molecular weight excluding hydrogens is 378 g/mol. The first-order chi connectivity index (χ1) is 14.6. The van der Waals surface area contributed by atoms with Crippen LogP contribution in [-0.2, 0) is 12.8 Å². The number of aromatic nitrogens is 1. The standard InChI is InChI=1S/C25H27NO4/c1-29-22-11-7-18(8-12-22)23-16-25(30-26-23)24(28)13-10-21(27)9-6-17-14-19-4-2-3-5-20(19)15-17/h2-5,7-8,11-12,16-17,21,27H,6,9-10,13-15H2,1H3/t21-/m1/s1. The highest BCUT2D eigenvalue weighted by Crippen LogP contribution is 2.30. The van der Waals surface area contributed by atoms with Gasteiger partial charge in [-0.2, -0.15) is 0 Å². The van der Waals surface area contributed by atoms with Gasteiger partial charge < -0.3 is 14.4 Å². The summed E-state index contributed by atoms with van der Waals surface area (Å²) in [5.74, 6) is 1.46. The molecule has 5 nitrogen and oxygen atoms in total. The molecule has 0 bridgehead atoms. The average Bonchev–Trinajstić information content (AvgIpc) is 3.43. The van der Waals surface area contributed by atoms with E-state index in [9.17, 15) is 9.90 Å². The topological polar surface area (TPSA) is 72.6 Å². The van der Waals surface area contributed by atoms with Crippen LogP contribution >= 0.6 is 0 Å². The minimum atomic E-state index is -0.471. The van der Waals surface area contributed by atoms with Crippen molar-refractivity contribution in [3.8, 4) is 17.0 Å². The molecule has 1 atom stereocenters. The second kappa shape index (κ2) is 9.26. The van der Waals surface area contributed by atoms with E-state index in [1.807, 2.05) is 24.3 Å². The number of nitrogens with zero attached hydrogens (tertiary/aromatic N) is 1.